The van der Waals surface area contributed by atoms with Gasteiger partial charge in [-0.15, -0.1) is 0 Å². The highest BCUT2D eigenvalue weighted by atomic mass is 19.1. The predicted octanol–water partition coefficient (Wildman–Crippen LogP) is 2.96. The summed E-state index contributed by atoms with van der Waals surface area (Å²) in [5.41, 5.74) is 0.0414. The Bertz CT molecular complexity index is 565. The van der Waals surface area contributed by atoms with E-state index in [0.29, 0.717) is 19.0 Å². The molecule has 4 nitrogen and oxygen atoms in total. The fraction of sp³-hybridized carbons (Fsp3) is 0.632. The number of nitrogens with zero attached hydrogens (tertiary/aromatic N) is 1. The minimum absolute atomic E-state index is 0.224. The fourth-order valence-electron chi connectivity index (χ4n) is 3.08. The molecule has 5 heteroatoms. The number of aliphatic hydroxyl groups is 1. The van der Waals surface area contributed by atoms with Gasteiger partial charge in [0.2, 0.25) is 0 Å². The summed E-state index contributed by atoms with van der Waals surface area (Å²) in [6.07, 6.45) is 3.85. The first-order valence-electron chi connectivity index (χ1n) is 8.85. The van der Waals surface area contributed by atoms with Gasteiger partial charge >= 0.3 is 0 Å². The van der Waals surface area contributed by atoms with Gasteiger partial charge in [0.05, 0.1) is 12.1 Å². The molecule has 1 aliphatic carbocycles. The fourth-order valence-corrected chi connectivity index (χ4v) is 3.08. The molecule has 0 unspecified atom stereocenters. The van der Waals surface area contributed by atoms with Gasteiger partial charge in [0.15, 0.2) is 5.96 Å². The summed E-state index contributed by atoms with van der Waals surface area (Å²) in [4.78, 5) is 4.64. The van der Waals surface area contributed by atoms with Gasteiger partial charge in [-0.05, 0) is 37.5 Å². The van der Waals surface area contributed by atoms with Crippen molar-refractivity contribution in [3.63, 3.8) is 0 Å². The van der Waals surface area contributed by atoms with Crippen LogP contribution in [0, 0.1) is 5.82 Å². The molecule has 0 bridgehead atoms. The number of halogens is 1. The lowest BCUT2D eigenvalue weighted by atomic mass is 9.85. The molecule has 134 valence electrons. The van der Waals surface area contributed by atoms with Gasteiger partial charge in [-0.3, -0.25) is 4.99 Å². The van der Waals surface area contributed by atoms with E-state index in [4.69, 9.17) is 0 Å². The van der Waals surface area contributed by atoms with E-state index in [9.17, 15) is 9.50 Å². The molecule has 0 radical (unpaired) electrons. The molecule has 1 saturated carbocycles. The van der Waals surface area contributed by atoms with Gasteiger partial charge in [-0.25, -0.2) is 4.39 Å². The maximum absolute atomic E-state index is 13.5. The maximum atomic E-state index is 13.5. The van der Waals surface area contributed by atoms with Crippen LogP contribution in [0.1, 0.15) is 52.0 Å². The smallest absolute Gasteiger partial charge is 0.191 e. The highest BCUT2D eigenvalue weighted by molar-refractivity contribution is 5.79. The van der Waals surface area contributed by atoms with Crippen LogP contribution in [-0.2, 0) is 5.41 Å². The summed E-state index contributed by atoms with van der Waals surface area (Å²) in [6, 6.07) is 6.68. The molecule has 0 aliphatic heterocycles. The molecule has 1 aromatic rings. The van der Waals surface area contributed by atoms with Crippen LogP contribution < -0.4 is 10.6 Å². The Labute approximate surface area is 144 Å². The van der Waals surface area contributed by atoms with Crippen molar-refractivity contribution in [2.75, 3.05) is 19.6 Å². The standard InChI is InChI=1S/C19H30FN3O/c1-4-21-17(23-14-19(24)10-5-6-11-19)22-13-18(2,3)15-8-7-9-16(20)12-15/h7-9,12,24H,4-6,10-11,13-14H2,1-3H3,(H2,21,22,23). The topological polar surface area (TPSA) is 56.7 Å². The third kappa shape index (κ3) is 5.20. The van der Waals surface area contributed by atoms with E-state index in [0.717, 1.165) is 37.8 Å². The molecule has 0 atom stereocenters. The van der Waals surface area contributed by atoms with Crippen molar-refractivity contribution < 1.29 is 9.50 Å². The molecule has 0 spiro atoms. The summed E-state index contributed by atoms with van der Waals surface area (Å²) in [7, 11) is 0. The van der Waals surface area contributed by atoms with E-state index < -0.39 is 5.60 Å². The van der Waals surface area contributed by atoms with E-state index in [1.165, 1.54) is 6.07 Å². The third-order valence-electron chi connectivity index (χ3n) is 4.70. The van der Waals surface area contributed by atoms with E-state index in [1.54, 1.807) is 12.1 Å². The van der Waals surface area contributed by atoms with Crippen molar-refractivity contribution in [2.45, 2.75) is 57.5 Å². The monoisotopic (exact) mass is 335 g/mol. The highest BCUT2D eigenvalue weighted by Gasteiger charge is 2.31. The van der Waals surface area contributed by atoms with Crippen LogP contribution in [0.3, 0.4) is 0 Å². The van der Waals surface area contributed by atoms with Crippen molar-refractivity contribution in [3.8, 4) is 0 Å². The Kier molecular flexibility index (Phi) is 6.21. The molecule has 24 heavy (non-hydrogen) atoms. The number of aliphatic imine (C=N–C) groups is 1. The molecule has 0 heterocycles. The predicted molar refractivity (Wildman–Crippen MR) is 96.8 cm³/mol. The lowest BCUT2D eigenvalue weighted by molar-refractivity contribution is 0.0522. The number of benzene rings is 1. The van der Waals surface area contributed by atoms with Crippen molar-refractivity contribution >= 4 is 5.96 Å². The second-order valence-electron chi connectivity index (χ2n) is 7.37. The van der Waals surface area contributed by atoms with Crippen LogP contribution in [0.15, 0.2) is 29.3 Å². The molecular formula is C19H30FN3O. The SMILES string of the molecule is CCNC(=NCC(C)(C)c1cccc(F)c1)NCC1(O)CCCC1. The minimum atomic E-state index is -0.617. The molecule has 2 rings (SSSR count). The average Bonchev–Trinajstić information content (AvgIpc) is 2.97. The first-order valence-corrected chi connectivity index (χ1v) is 8.85. The zero-order valence-corrected chi connectivity index (χ0v) is 15.0. The Morgan fingerprint density at radius 2 is 2.00 bits per heavy atom. The normalized spacial score (nSPS) is 17.8. The molecule has 0 aromatic heterocycles. The number of hydrogen-bond donors (Lipinski definition) is 3. The number of nitrogens with one attached hydrogen (secondary N) is 2. The molecule has 3 N–H and O–H groups in total. The summed E-state index contributed by atoms with van der Waals surface area (Å²) in [5, 5.41) is 16.9. The lowest BCUT2D eigenvalue weighted by Crippen LogP contribution is -2.46. The molecule has 1 aliphatic rings. The number of rotatable bonds is 6. The van der Waals surface area contributed by atoms with Gasteiger partial charge in [-0.1, -0.05) is 38.8 Å². The Morgan fingerprint density at radius 1 is 1.29 bits per heavy atom. The molecular weight excluding hydrogens is 305 g/mol. The quantitative estimate of drug-likeness (QED) is 0.553. The highest BCUT2D eigenvalue weighted by Crippen LogP contribution is 2.28. The van der Waals surface area contributed by atoms with Crippen LogP contribution in [0.5, 0.6) is 0 Å². The summed E-state index contributed by atoms with van der Waals surface area (Å²) in [5.74, 6) is 0.473. The van der Waals surface area contributed by atoms with E-state index >= 15 is 0 Å². The Morgan fingerprint density at radius 3 is 2.62 bits per heavy atom. The van der Waals surface area contributed by atoms with E-state index in [2.05, 4.69) is 29.5 Å². The number of guanidine groups is 1. The van der Waals surface area contributed by atoms with Crippen LogP contribution in [0.2, 0.25) is 0 Å². The van der Waals surface area contributed by atoms with E-state index in [1.807, 2.05) is 13.0 Å². The largest absolute Gasteiger partial charge is 0.388 e. The third-order valence-corrected chi connectivity index (χ3v) is 4.70. The van der Waals surface area contributed by atoms with Crippen LogP contribution >= 0.6 is 0 Å². The summed E-state index contributed by atoms with van der Waals surface area (Å²) >= 11 is 0. The first-order chi connectivity index (χ1) is 11.3. The zero-order valence-electron chi connectivity index (χ0n) is 15.0. The van der Waals surface area contributed by atoms with Gasteiger partial charge < -0.3 is 15.7 Å². The van der Waals surface area contributed by atoms with Gasteiger partial charge in [0.1, 0.15) is 5.82 Å². The van der Waals surface area contributed by atoms with Crippen LogP contribution in [0.4, 0.5) is 4.39 Å². The number of hydrogen-bond acceptors (Lipinski definition) is 2. The minimum Gasteiger partial charge on any atom is -0.388 e. The van der Waals surface area contributed by atoms with Gasteiger partial charge in [0, 0.05) is 18.5 Å². The average molecular weight is 335 g/mol. The Hall–Kier alpha value is -1.62. The molecule has 0 saturated heterocycles. The van der Waals surface area contributed by atoms with E-state index in [-0.39, 0.29) is 11.2 Å². The zero-order chi connectivity index (χ0) is 17.6. The Balaban J connectivity index is 2.01. The van der Waals surface area contributed by atoms with Gasteiger partial charge in [0.25, 0.3) is 0 Å². The van der Waals surface area contributed by atoms with Crippen LogP contribution in [0.25, 0.3) is 0 Å². The van der Waals surface area contributed by atoms with Crippen molar-refractivity contribution in [1.82, 2.24) is 10.6 Å². The maximum Gasteiger partial charge on any atom is 0.191 e. The van der Waals surface area contributed by atoms with Gasteiger partial charge in [-0.2, -0.15) is 0 Å². The van der Waals surface area contributed by atoms with Crippen LogP contribution in [-0.4, -0.2) is 36.3 Å². The van der Waals surface area contributed by atoms with Crippen molar-refractivity contribution in [3.05, 3.63) is 35.6 Å². The van der Waals surface area contributed by atoms with Crippen molar-refractivity contribution in [1.29, 1.82) is 0 Å². The summed E-state index contributed by atoms with van der Waals surface area (Å²) < 4.78 is 13.5. The second-order valence-corrected chi connectivity index (χ2v) is 7.37. The second kappa shape index (κ2) is 7.97. The summed E-state index contributed by atoms with van der Waals surface area (Å²) in [6.45, 7) is 7.92. The van der Waals surface area contributed by atoms with Crippen molar-refractivity contribution in [2.24, 2.45) is 4.99 Å². The first kappa shape index (κ1) is 18.7. The molecule has 0 amide bonds. The lowest BCUT2D eigenvalue weighted by Gasteiger charge is -2.26. The molecule has 1 aromatic carbocycles. The molecule has 1 fully saturated rings.